The first-order chi connectivity index (χ1) is 17.6. The fourth-order valence-electron chi connectivity index (χ4n) is 3.52. The molecule has 4 aromatic rings. The number of hydrogen-bond acceptors (Lipinski definition) is 6. The zero-order valence-corrected chi connectivity index (χ0v) is 19.9. The number of nitrogens with zero attached hydrogens (tertiary/aromatic N) is 2. The average Bonchev–Trinajstić information content (AvgIpc) is 3.40. The smallest absolute Gasteiger partial charge is 0.408 e. The number of carbonyl (C=O) groups is 2. The summed E-state index contributed by atoms with van der Waals surface area (Å²) in [5, 5.41) is 2.57. The molecule has 1 N–H and O–H groups in total. The number of aromatic nitrogens is 2. The van der Waals surface area contributed by atoms with Gasteiger partial charge in [-0.05, 0) is 35.4 Å². The average molecular weight is 486 g/mol. The highest BCUT2D eigenvalue weighted by atomic mass is 16.6. The lowest BCUT2D eigenvalue weighted by Gasteiger charge is -2.15. The van der Waals surface area contributed by atoms with E-state index in [4.69, 9.17) is 14.2 Å². The van der Waals surface area contributed by atoms with Crippen LogP contribution in [0.15, 0.2) is 97.5 Å². The number of esters is 1. The molecule has 0 saturated carbocycles. The zero-order valence-electron chi connectivity index (χ0n) is 19.9. The highest BCUT2D eigenvalue weighted by molar-refractivity contribution is 5.81. The summed E-state index contributed by atoms with van der Waals surface area (Å²) in [6.07, 6.45) is 2.89. The van der Waals surface area contributed by atoms with Crippen molar-refractivity contribution in [1.82, 2.24) is 14.9 Å². The van der Waals surface area contributed by atoms with Gasteiger partial charge in [0.25, 0.3) is 0 Å². The Morgan fingerprint density at radius 3 is 2.17 bits per heavy atom. The number of methoxy groups -OCH3 is 1. The molecule has 0 aliphatic carbocycles. The van der Waals surface area contributed by atoms with Gasteiger partial charge in [0.2, 0.25) is 0 Å². The van der Waals surface area contributed by atoms with E-state index in [-0.39, 0.29) is 13.0 Å². The van der Waals surface area contributed by atoms with Crippen LogP contribution in [0.2, 0.25) is 0 Å². The van der Waals surface area contributed by atoms with Crippen molar-refractivity contribution in [1.29, 1.82) is 0 Å². The minimum atomic E-state index is -0.935. The summed E-state index contributed by atoms with van der Waals surface area (Å²) in [5.41, 5.74) is 3.43. The molecule has 1 amide bonds. The van der Waals surface area contributed by atoms with E-state index in [1.165, 1.54) is 7.11 Å². The highest BCUT2D eigenvalue weighted by Crippen LogP contribution is 2.17. The van der Waals surface area contributed by atoms with Crippen LogP contribution in [0.5, 0.6) is 5.75 Å². The maximum absolute atomic E-state index is 12.3. The Morgan fingerprint density at radius 2 is 1.53 bits per heavy atom. The Morgan fingerprint density at radius 1 is 0.889 bits per heavy atom. The van der Waals surface area contributed by atoms with Crippen molar-refractivity contribution >= 4 is 12.1 Å². The molecule has 0 aliphatic heterocycles. The number of benzene rings is 3. The van der Waals surface area contributed by atoms with E-state index in [0.717, 1.165) is 22.6 Å². The molecule has 0 saturated heterocycles. The molecule has 184 valence electrons. The van der Waals surface area contributed by atoms with Crippen LogP contribution in [-0.2, 0) is 33.9 Å². The Kier molecular flexibility index (Phi) is 8.32. The van der Waals surface area contributed by atoms with Crippen LogP contribution in [0.3, 0.4) is 0 Å². The van der Waals surface area contributed by atoms with Gasteiger partial charge in [0, 0.05) is 18.3 Å². The number of hydrogen-bond donors (Lipinski definition) is 1. The zero-order chi connectivity index (χ0) is 25.2. The number of ether oxygens (including phenoxy) is 3. The van der Waals surface area contributed by atoms with Gasteiger partial charge in [0.15, 0.2) is 0 Å². The molecular weight excluding hydrogens is 458 g/mol. The number of imidazole rings is 1. The first-order valence-corrected chi connectivity index (χ1v) is 11.5. The Bertz CT molecular complexity index is 1260. The molecule has 0 radical (unpaired) electrons. The molecular formula is C28H27N3O5. The van der Waals surface area contributed by atoms with E-state index < -0.39 is 18.1 Å². The third-order valence-electron chi connectivity index (χ3n) is 5.42. The molecule has 0 spiro atoms. The van der Waals surface area contributed by atoms with E-state index >= 15 is 0 Å². The van der Waals surface area contributed by atoms with Crippen molar-refractivity contribution in [2.24, 2.45) is 0 Å². The van der Waals surface area contributed by atoms with Gasteiger partial charge in [-0.3, -0.25) is 0 Å². The van der Waals surface area contributed by atoms with Crippen molar-refractivity contribution in [3.63, 3.8) is 0 Å². The maximum atomic E-state index is 12.3. The van der Waals surface area contributed by atoms with Crippen molar-refractivity contribution in [3.8, 4) is 11.4 Å². The fraction of sp³-hybridized carbons (Fsp3) is 0.179. The van der Waals surface area contributed by atoms with Gasteiger partial charge in [0.1, 0.15) is 25.0 Å². The quantitative estimate of drug-likeness (QED) is 0.334. The Balaban J connectivity index is 1.33. The van der Waals surface area contributed by atoms with Crippen LogP contribution >= 0.6 is 0 Å². The second kappa shape index (κ2) is 12.2. The van der Waals surface area contributed by atoms with E-state index in [9.17, 15) is 9.59 Å². The minimum absolute atomic E-state index is 0.0975. The molecule has 1 heterocycles. The topological polar surface area (TPSA) is 91.7 Å². The van der Waals surface area contributed by atoms with Crippen LogP contribution in [0, 0.1) is 0 Å². The van der Waals surface area contributed by atoms with Crippen molar-refractivity contribution < 1.29 is 23.8 Å². The molecule has 1 aromatic heterocycles. The standard InChI is InChI=1S/C28H27N3O5/c1-34-27(32)26(30-28(33)36-19-22-10-6-3-7-11-22)16-23-17-31(20-29-23)24-12-14-25(15-13-24)35-18-21-8-4-2-5-9-21/h2-15,17,20,26H,16,18-19H2,1H3,(H,30,33)/t26-/m0/s1. The predicted molar refractivity (Wildman–Crippen MR) is 134 cm³/mol. The van der Waals surface area contributed by atoms with E-state index in [1.807, 2.05) is 89.5 Å². The maximum Gasteiger partial charge on any atom is 0.408 e. The third kappa shape index (κ3) is 6.96. The van der Waals surface area contributed by atoms with Crippen LogP contribution in [0.1, 0.15) is 16.8 Å². The van der Waals surface area contributed by atoms with E-state index in [0.29, 0.717) is 12.3 Å². The van der Waals surface area contributed by atoms with Crippen molar-refractivity contribution in [3.05, 3.63) is 114 Å². The number of alkyl carbamates (subject to hydrolysis) is 1. The molecule has 0 aliphatic rings. The molecule has 1 atom stereocenters. The van der Waals surface area contributed by atoms with Crippen LogP contribution < -0.4 is 10.1 Å². The van der Waals surface area contributed by atoms with Gasteiger partial charge in [-0.1, -0.05) is 60.7 Å². The van der Waals surface area contributed by atoms with Crippen molar-refractivity contribution in [2.75, 3.05) is 7.11 Å². The summed E-state index contributed by atoms with van der Waals surface area (Å²) >= 11 is 0. The monoisotopic (exact) mass is 485 g/mol. The predicted octanol–water partition coefficient (Wildman–Crippen LogP) is 4.46. The summed E-state index contributed by atoms with van der Waals surface area (Å²) in [6, 6.07) is 25.9. The van der Waals surface area contributed by atoms with Gasteiger partial charge in [-0.25, -0.2) is 14.6 Å². The van der Waals surface area contributed by atoms with E-state index in [1.54, 1.807) is 12.5 Å². The SMILES string of the molecule is COC(=O)[C@H](Cc1cn(-c2ccc(OCc3ccccc3)cc2)cn1)NC(=O)OCc1ccccc1. The third-order valence-corrected chi connectivity index (χ3v) is 5.42. The molecule has 0 fully saturated rings. The lowest BCUT2D eigenvalue weighted by molar-refractivity contribution is -0.143. The molecule has 36 heavy (non-hydrogen) atoms. The van der Waals surface area contributed by atoms with Crippen LogP contribution in [-0.4, -0.2) is 34.8 Å². The molecule has 8 heteroatoms. The van der Waals surface area contributed by atoms with Gasteiger partial charge >= 0.3 is 12.1 Å². The van der Waals surface area contributed by atoms with Gasteiger partial charge < -0.3 is 24.1 Å². The fourth-order valence-corrected chi connectivity index (χ4v) is 3.52. The summed E-state index contributed by atoms with van der Waals surface area (Å²) in [5.74, 6) is 0.174. The lowest BCUT2D eigenvalue weighted by Crippen LogP contribution is -2.43. The van der Waals surface area contributed by atoms with Crippen LogP contribution in [0.4, 0.5) is 4.79 Å². The normalized spacial score (nSPS) is 11.4. The largest absolute Gasteiger partial charge is 0.489 e. The van der Waals surface area contributed by atoms with Crippen molar-refractivity contribution in [2.45, 2.75) is 25.7 Å². The second-order valence-electron chi connectivity index (χ2n) is 8.03. The Hall–Kier alpha value is -4.59. The Labute approximate surface area is 209 Å². The number of amides is 1. The van der Waals surface area contributed by atoms with Gasteiger partial charge in [-0.15, -0.1) is 0 Å². The first-order valence-electron chi connectivity index (χ1n) is 11.5. The molecule has 4 rings (SSSR count). The van der Waals surface area contributed by atoms with Gasteiger partial charge in [0.05, 0.1) is 19.1 Å². The van der Waals surface area contributed by atoms with E-state index in [2.05, 4.69) is 10.3 Å². The number of nitrogens with one attached hydrogen (secondary N) is 1. The minimum Gasteiger partial charge on any atom is -0.489 e. The van der Waals surface area contributed by atoms with Crippen LogP contribution in [0.25, 0.3) is 5.69 Å². The summed E-state index contributed by atoms with van der Waals surface area (Å²) in [6.45, 7) is 0.589. The molecule has 3 aromatic carbocycles. The summed E-state index contributed by atoms with van der Waals surface area (Å²) in [7, 11) is 1.27. The highest BCUT2D eigenvalue weighted by Gasteiger charge is 2.24. The first kappa shape index (κ1) is 24.5. The second-order valence-corrected chi connectivity index (χ2v) is 8.03. The molecule has 0 unspecified atom stereocenters. The lowest BCUT2D eigenvalue weighted by atomic mass is 10.1. The summed E-state index contributed by atoms with van der Waals surface area (Å²) < 4.78 is 17.7. The van der Waals surface area contributed by atoms with Gasteiger partial charge in [-0.2, -0.15) is 0 Å². The number of rotatable bonds is 10. The summed E-state index contributed by atoms with van der Waals surface area (Å²) in [4.78, 5) is 28.9. The number of carbonyl (C=O) groups excluding carboxylic acids is 2. The molecule has 8 nitrogen and oxygen atoms in total. The molecule has 0 bridgehead atoms.